The first-order valence-corrected chi connectivity index (χ1v) is 5.19. The molecular weight excluding hydrogens is 247 g/mol. The molecule has 0 aromatic heterocycles. The highest BCUT2D eigenvalue weighted by atomic mass is 79.9. The second-order valence-electron chi connectivity index (χ2n) is 2.89. The number of hydrogen-bond acceptors (Lipinski definition) is 1. The topological polar surface area (TPSA) is 38.4 Å². The molecule has 0 unspecified atom stereocenters. The Morgan fingerprint density at radius 2 is 2.29 bits per heavy atom. The molecule has 0 saturated carbocycles. The van der Waals surface area contributed by atoms with Gasteiger partial charge in [0.05, 0.1) is 0 Å². The van der Waals surface area contributed by atoms with Crippen molar-refractivity contribution in [3.05, 3.63) is 34.1 Å². The number of halogens is 2. The molecule has 2 nitrogen and oxygen atoms in total. The molecule has 0 fully saturated rings. The SMILES string of the molecule is CCCN=C(N)c1cc(F)ccc1Br. The third-order valence-electron chi connectivity index (χ3n) is 1.71. The lowest BCUT2D eigenvalue weighted by molar-refractivity contribution is 0.627. The number of rotatable bonds is 3. The van der Waals surface area contributed by atoms with E-state index in [-0.39, 0.29) is 5.82 Å². The van der Waals surface area contributed by atoms with Gasteiger partial charge in [-0.25, -0.2) is 4.39 Å². The van der Waals surface area contributed by atoms with Crippen LogP contribution >= 0.6 is 15.9 Å². The predicted octanol–water partition coefficient (Wildman–Crippen LogP) is 2.70. The zero-order valence-corrected chi connectivity index (χ0v) is 9.51. The van der Waals surface area contributed by atoms with Crippen LogP contribution in [-0.4, -0.2) is 12.4 Å². The van der Waals surface area contributed by atoms with Gasteiger partial charge in [-0.15, -0.1) is 0 Å². The first-order valence-electron chi connectivity index (χ1n) is 4.40. The molecule has 2 N–H and O–H groups in total. The van der Waals surface area contributed by atoms with Crippen molar-refractivity contribution in [1.82, 2.24) is 0 Å². The first kappa shape index (κ1) is 11.2. The van der Waals surface area contributed by atoms with Crippen LogP contribution in [-0.2, 0) is 0 Å². The highest BCUT2D eigenvalue weighted by molar-refractivity contribution is 9.10. The summed E-state index contributed by atoms with van der Waals surface area (Å²) in [5.41, 5.74) is 6.31. The van der Waals surface area contributed by atoms with E-state index < -0.39 is 0 Å². The summed E-state index contributed by atoms with van der Waals surface area (Å²) in [6, 6.07) is 4.37. The highest BCUT2D eigenvalue weighted by Crippen LogP contribution is 2.17. The van der Waals surface area contributed by atoms with E-state index in [9.17, 15) is 4.39 Å². The Hall–Kier alpha value is -0.900. The van der Waals surface area contributed by atoms with Gasteiger partial charge in [-0.05, 0) is 24.6 Å². The molecule has 0 heterocycles. The van der Waals surface area contributed by atoms with Gasteiger partial charge in [0.1, 0.15) is 11.7 Å². The number of amidine groups is 1. The van der Waals surface area contributed by atoms with Crippen LogP contribution in [0.1, 0.15) is 18.9 Å². The molecule has 1 aromatic rings. The number of aliphatic imine (C=N–C) groups is 1. The molecule has 0 aliphatic heterocycles. The summed E-state index contributed by atoms with van der Waals surface area (Å²) in [5, 5.41) is 0. The summed E-state index contributed by atoms with van der Waals surface area (Å²) in [6.45, 7) is 2.67. The summed E-state index contributed by atoms with van der Waals surface area (Å²) < 4.78 is 13.7. The summed E-state index contributed by atoms with van der Waals surface area (Å²) in [7, 11) is 0. The molecule has 0 atom stereocenters. The van der Waals surface area contributed by atoms with E-state index in [0.29, 0.717) is 17.9 Å². The van der Waals surface area contributed by atoms with Gasteiger partial charge in [-0.1, -0.05) is 22.9 Å². The molecule has 0 saturated heterocycles. The van der Waals surface area contributed by atoms with E-state index in [2.05, 4.69) is 20.9 Å². The van der Waals surface area contributed by atoms with Gasteiger partial charge in [0, 0.05) is 16.6 Å². The van der Waals surface area contributed by atoms with Crippen LogP contribution < -0.4 is 5.73 Å². The van der Waals surface area contributed by atoms with Crippen LogP contribution in [0.3, 0.4) is 0 Å². The minimum absolute atomic E-state index is 0.308. The maximum Gasteiger partial charge on any atom is 0.126 e. The van der Waals surface area contributed by atoms with E-state index in [1.54, 1.807) is 6.07 Å². The van der Waals surface area contributed by atoms with Gasteiger partial charge in [-0.2, -0.15) is 0 Å². The average Bonchev–Trinajstić information content (AvgIpc) is 2.18. The molecule has 0 radical (unpaired) electrons. The van der Waals surface area contributed by atoms with Crippen molar-refractivity contribution in [2.75, 3.05) is 6.54 Å². The maximum atomic E-state index is 12.9. The third-order valence-corrected chi connectivity index (χ3v) is 2.40. The molecule has 1 aromatic carbocycles. The van der Waals surface area contributed by atoms with Gasteiger partial charge >= 0.3 is 0 Å². The molecule has 0 amide bonds. The molecule has 0 bridgehead atoms. The smallest absolute Gasteiger partial charge is 0.126 e. The van der Waals surface area contributed by atoms with E-state index in [0.717, 1.165) is 10.9 Å². The van der Waals surface area contributed by atoms with Crippen molar-refractivity contribution in [3.63, 3.8) is 0 Å². The van der Waals surface area contributed by atoms with Gasteiger partial charge in [-0.3, -0.25) is 4.99 Å². The monoisotopic (exact) mass is 258 g/mol. The predicted molar refractivity (Wildman–Crippen MR) is 60.0 cm³/mol. The summed E-state index contributed by atoms with van der Waals surface area (Å²) >= 11 is 3.30. The fourth-order valence-corrected chi connectivity index (χ4v) is 1.46. The normalized spacial score (nSPS) is 11.8. The molecular formula is C10H12BrFN2. The van der Waals surface area contributed by atoms with Crippen molar-refractivity contribution in [2.24, 2.45) is 10.7 Å². The largest absolute Gasteiger partial charge is 0.383 e. The zero-order chi connectivity index (χ0) is 10.6. The Kier molecular flexibility index (Phi) is 4.07. The number of hydrogen-bond donors (Lipinski definition) is 1. The van der Waals surface area contributed by atoms with Crippen molar-refractivity contribution in [2.45, 2.75) is 13.3 Å². The van der Waals surface area contributed by atoms with Crippen molar-refractivity contribution < 1.29 is 4.39 Å². The lowest BCUT2D eigenvalue weighted by Gasteiger charge is -2.03. The summed E-state index contributed by atoms with van der Waals surface area (Å²) in [5.74, 6) is 0.0658. The Bertz CT molecular complexity index is 350. The standard InChI is InChI=1S/C10H12BrFN2/c1-2-5-14-10(13)8-6-7(12)3-4-9(8)11/h3-4,6H,2,5H2,1H3,(H2,13,14). The van der Waals surface area contributed by atoms with Gasteiger partial charge in [0.15, 0.2) is 0 Å². The molecule has 14 heavy (non-hydrogen) atoms. The zero-order valence-electron chi connectivity index (χ0n) is 7.93. The maximum absolute atomic E-state index is 12.9. The van der Waals surface area contributed by atoms with Gasteiger partial charge < -0.3 is 5.73 Å². The molecule has 0 spiro atoms. The van der Waals surface area contributed by atoms with Crippen molar-refractivity contribution >= 4 is 21.8 Å². The van der Waals surface area contributed by atoms with E-state index >= 15 is 0 Å². The number of nitrogens with zero attached hydrogens (tertiary/aromatic N) is 1. The Labute approximate surface area is 91.2 Å². The van der Waals surface area contributed by atoms with E-state index in [1.165, 1.54) is 12.1 Å². The van der Waals surface area contributed by atoms with Gasteiger partial charge in [0.25, 0.3) is 0 Å². The minimum atomic E-state index is -0.308. The van der Waals surface area contributed by atoms with Crippen LogP contribution in [0.25, 0.3) is 0 Å². The fraction of sp³-hybridized carbons (Fsp3) is 0.300. The van der Waals surface area contributed by atoms with Crippen LogP contribution in [0.5, 0.6) is 0 Å². The molecule has 76 valence electrons. The Morgan fingerprint density at radius 1 is 1.57 bits per heavy atom. The number of nitrogens with two attached hydrogens (primary N) is 1. The third kappa shape index (κ3) is 2.80. The Balaban J connectivity index is 2.99. The second kappa shape index (κ2) is 5.10. The second-order valence-corrected chi connectivity index (χ2v) is 3.75. The molecule has 0 aliphatic carbocycles. The van der Waals surface area contributed by atoms with Crippen LogP contribution in [0, 0.1) is 5.82 Å². The first-order chi connectivity index (χ1) is 6.65. The molecule has 0 aliphatic rings. The summed E-state index contributed by atoms with van der Waals surface area (Å²) in [4.78, 5) is 4.11. The average molecular weight is 259 g/mol. The number of benzene rings is 1. The van der Waals surface area contributed by atoms with Crippen LogP contribution in [0.15, 0.2) is 27.7 Å². The lowest BCUT2D eigenvalue weighted by Crippen LogP contribution is -2.15. The van der Waals surface area contributed by atoms with Crippen molar-refractivity contribution in [3.8, 4) is 0 Å². The van der Waals surface area contributed by atoms with Crippen molar-refractivity contribution in [1.29, 1.82) is 0 Å². The Morgan fingerprint density at radius 3 is 2.93 bits per heavy atom. The molecule has 1 rings (SSSR count). The quantitative estimate of drug-likeness (QED) is 0.657. The molecule has 4 heteroatoms. The van der Waals surface area contributed by atoms with Gasteiger partial charge in [0.2, 0.25) is 0 Å². The summed E-state index contributed by atoms with van der Waals surface area (Å²) in [6.07, 6.45) is 0.924. The van der Waals surface area contributed by atoms with E-state index in [1.807, 2.05) is 6.92 Å². The lowest BCUT2D eigenvalue weighted by atomic mass is 10.2. The van der Waals surface area contributed by atoms with Crippen LogP contribution in [0.4, 0.5) is 4.39 Å². The highest BCUT2D eigenvalue weighted by Gasteiger charge is 2.04. The van der Waals surface area contributed by atoms with Crippen LogP contribution in [0.2, 0.25) is 0 Å². The fourth-order valence-electron chi connectivity index (χ4n) is 1.01. The minimum Gasteiger partial charge on any atom is -0.383 e. The van der Waals surface area contributed by atoms with E-state index in [4.69, 9.17) is 5.73 Å².